The van der Waals surface area contributed by atoms with Crippen LogP contribution in [0.15, 0.2) is 30.3 Å². The Bertz CT molecular complexity index is 661. The minimum Gasteiger partial charge on any atom is -0.345 e. The number of nitrogens with one attached hydrogen (secondary N) is 2. The van der Waals surface area contributed by atoms with Crippen molar-refractivity contribution >= 4 is 17.6 Å². The molecule has 162 valence electrons. The smallest absolute Gasteiger partial charge is 0.244 e. The minimum absolute atomic E-state index is 0.117. The van der Waals surface area contributed by atoms with Crippen LogP contribution in [0, 0.1) is 17.8 Å². The van der Waals surface area contributed by atoms with Crippen molar-refractivity contribution in [1.29, 1.82) is 0 Å². The average molecular weight is 406 g/mol. The van der Waals surface area contributed by atoms with Crippen LogP contribution >= 0.6 is 0 Å². The quantitative estimate of drug-likeness (QED) is 0.314. The number of amides is 2. The molecule has 0 spiro atoms. The lowest BCUT2D eigenvalue weighted by atomic mass is 9.84. The molecule has 1 aromatic carbocycles. The molecule has 0 aromatic heterocycles. The number of hydroxylamine groups is 1. The first kappa shape index (κ1) is 24.8. The number of ketones is 1. The van der Waals surface area contributed by atoms with Gasteiger partial charge in [-0.3, -0.25) is 19.6 Å². The van der Waals surface area contributed by atoms with Gasteiger partial charge in [-0.25, -0.2) is 5.48 Å². The first-order valence-corrected chi connectivity index (χ1v) is 10.2. The molecule has 5 N–H and O–H groups in total. The number of hydrogen-bond acceptors (Lipinski definition) is 5. The lowest BCUT2D eigenvalue weighted by molar-refractivity contribution is -0.136. The topological polar surface area (TPSA) is 122 Å². The van der Waals surface area contributed by atoms with E-state index in [2.05, 4.69) is 5.32 Å². The van der Waals surface area contributed by atoms with E-state index in [1.165, 1.54) is 0 Å². The van der Waals surface area contributed by atoms with E-state index in [9.17, 15) is 14.4 Å². The third-order valence-electron chi connectivity index (χ3n) is 4.72. The lowest BCUT2D eigenvalue weighted by Gasteiger charge is -2.26. The van der Waals surface area contributed by atoms with Crippen molar-refractivity contribution in [2.24, 2.45) is 23.5 Å². The third kappa shape index (κ3) is 9.19. The maximum absolute atomic E-state index is 13.2. The molecule has 0 heterocycles. The molecule has 0 aliphatic rings. The zero-order valence-corrected chi connectivity index (χ0v) is 17.9. The van der Waals surface area contributed by atoms with Gasteiger partial charge in [0.1, 0.15) is 0 Å². The Morgan fingerprint density at radius 1 is 1.00 bits per heavy atom. The van der Waals surface area contributed by atoms with E-state index >= 15 is 0 Å². The van der Waals surface area contributed by atoms with E-state index in [0.29, 0.717) is 19.3 Å². The Balaban J connectivity index is 2.90. The summed E-state index contributed by atoms with van der Waals surface area (Å²) in [5.74, 6) is -1.43. The van der Waals surface area contributed by atoms with Gasteiger partial charge in [-0.05, 0) is 36.7 Å². The van der Waals surface area contributed by atoms with E-state index < -0.39 is 23.9 Å². The molecule has 7 nitrogen and oxygen atoms in total. The van der Waals surface area contributed by atoms with E-state index in [-0.39, 0.29) is 29.9 Å². The SMILES string of the molecule is CC(C)CC(CC(=O)NO)C(=O)C(CC(C)C)NC(=O)C(N)Cc1ccccc1. The highest BCUT2D eigenvalue weighted by Crippen LogP contribution is 2.21. The molecule has 1 rings (SSSR count). The number of Topliss-reactive ketones (excluding diaryl/α,β-unsaturated/α-hetero) is 1. The van der Waals surface area contributed by atoms with E-state index in [0.717, 1.165) is 5.56 Å². The van der Waals surface area contributed by atoms with Gasteiger partial charge < -0.3 is 11.1 Å². The molecule has 0 fully saturated rings. The van der Waals surface area contributed by atoms with Crippen molar-refractivity contribution in [2.75, 3.05) is 0 Å². The maximum Gasteiger partial charge on any atom is 0.244 e. The number of hydrogen-bond donors (Lipinski definition) is 4. The molecule has 0 aliphatic heterocycles. The molecular formula is C22H35N3O4. The van der Waals surface area contributed by atoms with Crippen LogP contribution in [0.3, 0.4) is 0 Å². The van der Waals surface area contributed by atoms with Crippen molar-refractivity contribution < 1.29 is 19.6 Å². The van der Waals surface area contributed by atoms with Gasteiger partial charge in [0, 0.05) is 12.3 Å². The van der Waals surface area contributed by atoms with Gasteiger partial charge >= 0.3 is 0 Å². The van der Waals surface area contributed by atoms with Gasteiger partial charge in [0.2, 0.25) is 11.8 Å². The van der Waals surface area contributed by atoms with Crippen LogP contribution in [0.5, 0.6) is 0 Å². The standard InChI is InChI=1S/C22H35N3O4/c1-14(2)10-17(13-20(26)25-29)21(27)19(11-15(3)4)24-22(28)18(23)12-16-8-6-5-7-9-16/h5-9,14-15,17-19,29H,10-13,23H2,1-4H3,(H,24,28)(H,25,26). The summed E-state index contributed by atoms with van der Waals surface area (Å²) >= 11 is 0. The summed E-state index contributed by atoms with van der Waals surface area (Å²) in [6, 6.07) is 7.96. The molecule has 3 atom stereocenters. The van der Waals surface area contributed by atoms with Gasteiger partial charge in [0.15, 0.2) is 5.78 Å². The summed E-state index contributed by atoms with van der Waals surface area (Å²) < 4.78 is 0. The summed E-state index contributed by atoms with van der Waals surface area (Å²) in [5.41, 5.74) is 8.60. The molecule has 0 aliphatic carbocycles. The Morgan fingerprint density at radius 2 is 1.59 bits per heavy atom. The first-order valence-electron chi connectivity index (χ1n) is 10.2. The number of rotatable bonds is 12. The van der Waals surface area contributed by atoms with E-state index in [1.54, 1.807) is 5.48 Å². The molecule has 0 saturated carbocycles. The Morgan fingerprint density at radius 3 is 2.10 bits per heavy atom. The highest BCUT2D eigenvalue weighted by atomic mass is 16.5. The van der Waals surface area contributed by atoms with Crippen LogP contribution in [0.2, 0.25) is 0 Å². The van der Waals surface area contributed by atoms with Crippen molar-refractivity contribution in [1.82, 2.24) is 10.8 Å². The number of benzene rings is 1. The summed E-state index contributed by atoms with van der Waals surface area (Å²) in [5, 5.41) is 11.7. The monoisotopic (exact) mass is 405 g/mol. The predicted molar refractivity (Wildman–Crippen MR) is 112 cm³/mol. The first-order chi connectivity index (χ1) is 13.6. The van der Waals surface area contributed by atoms with Gasteiger partial charge in [-0.2, -0.15) is 0 Å². The summed E-state index contributed by atoms with van der Waals surface area (Å²) in [4.78, 5) is 37.5. The Hall–Kier alpha value is -2.25. The van der Waals surface area contributed by atoms with Crippen LogP contribution < -0.4 is 16.5 Å². The molecule has 29 heavy (non-hydrogen) atoms. The van der Waals surface area contributed by atoms with Crippen LogP contribution in [0.1, 0.15) is 52.5 Å². The molecular weight excluding hydrogens is 370 g/mol. The van der Waals surface area contributed by atoms with Gasteiger partial charge in [-0.15, -0.1) is 0 Å². The summed E-state index contributed by atoms with van der Waals surface area (Å²) in [7, 11) is 0. The molecule has 0 radical (unpaired) electrons. The third-order valence-corrected chi connectivity index (χ3v) is 4.72. The summed E-state index contributed by atoms with van der Waals surface area (Å²) in [6.45, 7) is 7.86. The predicted octanol–water partition coefficient (Wildman–Crippen LogP) is 2.21. The van der Waals surface area contributed by atoms with E-state index in [1.807, 2.05) is 58.0 Å². The average Bonchev–Trinajstić information content (AvgIpc) is 2.66. The number of carbonyl (C=O) groups excluding carboxylic acids is 3. The Labute approximate surface area is 173 Å². The van der Waals surface area contributed by atoms with Crippen LogP contribution in [0.25, 0.3) is 0 Å². The molecule has 0 bridgehead atoms. The zero-order chi connectivity index (χ0) is 22.0. The van der Waals surface area contributed by atoms with Crippen molar-refractivity contribution in [3.63, 3.8) is 0 Å². The molecule has 1 aromatic rings. The highest BCUT2D eigenvalue weighted by Gasteiger charge is 2.31. The molecule has 0 saturated heterocycles. The second-order valence-corrected chi connectivity index (χ2v) is 8.45. The summed E-state index contributed by atoms with van der Waals surface area (Å²) in [6.07, 6.45) is 1.20. The van der Waals surface area contributed by atoms with Gasteiger partial charge in [0.25, 0.3) is 0 Å². The fraction of sp³-hybridized carbons (Fsp3) is 0.591. The van der Waals surface area contributed by atoms with Crippen LogP contribution in [0.4, 0.5) is 0 Å². The second-order valence-electron chi connectivity index (χ2n) is 8.45. The molecule has 7 heteroatoms. The van der Waals surface area contributed by atoms with Crippen molar-refractivity contribution in [3.8, 4) is 0 Å². The zero-order valence-electron chi connectivity index (χ0n) is 17.9. The fourth-order valence-electron chi connectivity index (χ4n) is 3.38. The largest absolute Gasteiger partial charge is 0.345 e. The number of carbonyl (C=O) groups is 3. The van der Waals surface area contributed by atoms with Crippen molar-refractivity contribution in [3.05, 3.63) is 35.9 Å². The second kappa shape index (κ2) is 12.3. The maximum atomic E-state index is 13.2. The lowest BCUT2D eigenvalue weighted by Crippen LogP contribution is -2.51. The van der Waals surface area contributed by atoms with Gasteiger partial charge in [-0.1, -0.05) is 58.0 Å². The molecule has 2 amide bonds. The van der Waals surface area contributed by atoms with E-state index in [4.69, 9.17) is 10.9 Å². The number of nitrogens with two attached hydrogens (primary N) is 1. The van der Waals surface area contributed by atoms with Crippen LogP contribution in [-0.2, 0) is 20.8 Å². The Kier molecular flexibility index (Phi) is 10.5. The molecule has 3 unspecified atom stereocenters. The normalized spacial score (nSPS) is 14.3. The van der Waals surface area contributed by atoms with Crippen LogP contribution in [-0.4, -0.2) is 34.9 Å². The fourth-order valence-corrected chi connectivity index (χ4v) is 3.38. The van der Waals surface area contributed by atoms with Gasteiger partial charge in [0.05, 0.1) is 12.1 Å². The highest BCUT2D eigenvalue weighted by molar-refractivity contribution is 5.94. The van der Waals surface area contributed by atoms with Crippen molar-refractivity contribution in [2.45, 2.75) is 65.5 Å². The minimum atomic E-state index is -0.774.